The minimum atomic E-state index is -0.295. The van der Waals surface area contributed by atoms with Gasteiger partial charge in [-0.1, -0.05) is 36.4 Å². The van der Waals surface area contributed by atoms with E-state index in [1.807, 2.05) is 36.4 Å². The fourth-order valence-corrected chi connectivity index (χ4v) is 3.73. The Balaban J connectivity index is 1.82. The lowest BCUT2D eigenvalue weighted by atomic mass is 10.00. The summed E-state index contributed by atoms with van der Waals surface area (Å²) >= 11 is 0. The van der Waals surface area contributed by atoms with Gasteiger partial charge in [-0.05, 0) is 23.3 Å². The second-order valence-electron chi connectivity index (χ2n) is 6.10. The zero-order chi connectivity index (χ0) is 16.7. The third-order valence-corrected chi connectivity index (χ3v) is 4.80. The summed E-state index contributed by atoms with van der Waals surface area (Å²) in [5.74, 6) is 1.56. The first kappa shape index (κ1) is 15.0. The number of rotatable bonds is 4. The molecule has 122 valence electrons. The van der Waals surface area contributed by atoms with E-state index < -0.39 is 0 Å². The van der Waals surface area contributed by atoms with Gasteiger partial charge in [0.1, 0.15) is 17.5 Å². The highest BCUT2D eigenvalue weighted by Crippen LogP contribution is 2.51. The number of carbonyl (C=O) groups excluding carboxylic acids is 1. The summed E-state index contributed by atoms with van der Waals surface area (Å²) in [4.78, 5) is 14.8. The van der Waals surface area contributed by atoms with Gasteiger partial charge in [0.05, 0.1) is 20.3 Å². The molecule has 4 nitrogen and oxygen atoms in total. The number of hydrogen-bond donors (Lipinski definition) is 0. The molecule has 0 aliphatic carbocycles. The predicted octanol–water partition coefficient (Wildman–Crippen LogP) is 3.44. The maximum Gasteiger partial charge on any atom is 0.177 e. The van der Waals surface area contributed by atoms with Crippen molar-refractivity contribution in [3.8, 4) is 11.5 Å². The Labute approximate surface area is 141 Å². The van der Waals surface area contributed by atoms with Crippen LogP contribution in [0, 0.1) is 0 Å². The Morgan fingerprint density at radius 3 is 2.58 bits per heavy atom. The SMILES string of the molecule is COc1cc(OC)c2c(c1)[C@@H]1C=CC(=O)[C@H]2N1Cc1ccccc1. The molecule has 4 rings (SSSR count). The van der Waals surface area contributed by atoms with Crippen molar-refractivity contribution in [2.45, 2.75) is 18.6 Å². The predicted molar refractivity (Wildman–Crippen MR) is 91.2 cm³/mol. The highest BCUT2D eigenvalue weighted by molar-refractivity contribution is 5.98. The molecule has 2 bridgehead atoms. The van der Waals surface area contributed by atoms with Gasteiger partial charge >= 0.3 is 0 Å². The van der Waals surface area contributed by atoms with Crippen LogP contribution in [-0.4, -0.2) is 24.9 Å². The highest BCUT2D eigenvalue weighted by Gasteiger charge is 2.45. The van der Waals surface area contributed by atoms with E-state index in [2.05, 4.69) is 17.0 Å². The molecule has 0 radical (unpaired) electrons. The van der Waals surface area contributed by atoms with Gasteiger partial charge in [-0.25, -0.2) is 0 Å². The Bertz CT molecular complexity index is 813. The van der Waals surface area contributed by atoms with Crippen molar-refractivity contribution < 1.29 is 14.3 Å². The van der Waals surface area contributed by atoms with E-state index in [0.29, 0.717) is 12.3 Å². The number of ketones is 1. The standard InChI is InChI=1S/C20H19NO3/c1-23-14-10-15-16-8-9-17(22)20(19(15)18(11-14)24-2)21(16)12-13-6-4-3-5-7-13/h3-11,16,20H,12H2,1-2H3/t16-,20+/m0/s1. The van der Waals surface area contributed by atoms with Gasteiger partial charge in [0.25, 0.3) is 0 Å². The number of nitrogens with zero attached hydrogens (tertiary/aromatic N) is 1. The second kappa shape index (κ2) is 5.80. The van der Waals surface area contributed by atoms with E-state index in [9.17, 15) is 4.79 Å². The number of carbonyl (C=O) groups is 1. The van der Waals surface area contributed by atoms with Crippen LogP contribution in [0.4, 0.5) is 0 Å². The Hall–Kier alpha value is -2.59. The molecule has 0 fully saturated rings. The molecule has 4 heteroatoms. The minimum absolute atomic E-state index is 0.0620. The lowest BCUT2D eigenvalue weighted by Gasteiger charge is -2.30. The summed E-state index contributed by atoms with van der Waals surface area (Å²) in [5, 5.41) is 0. The minimum Gasteiger partial charge on any atom is -0.497 e. The number of ether oxygens (including phenoxy) is 2. The van der Waals surface area contributed by atoms with Crippen LogP contribution in [0.3, 0.4) is 0 Å². The van der Waals surface area contributed by atoms with Crippen LogP contribution in [0.1, 0.15) is 28.8 Å². The monoisotopic (exact) mass is 321 g/mol. The van der Waals surface area contributed by atoms with Crippen molar-refractivity contribution in [2.75, 3.05) is 14.2 Å². The quantitative estimate of drug-likeness (QED) is 0.865. The normalized spacial score (nSPS) is 21.7. The maximum absolute atomic E-state index is 12.6. The number of hydrogen-bond acceptors (Lipinski definition) is 4. The third-order valence-electron chi connectivity index (χ3n) is 4.80. The molecule has 2 atom stereocenters. The first-order valence-corrected chi connectivity index (χ1v) is 8.00. The largest absolute Gasteiger partial charge is 0.497 e. The van der Waals surface area contributed by atoms with E-state index in [0.717, 1.165) is 16.9 Å². The smallest absolute Gasteiger partial charge is 0.177 e. The van der Waals surface area contributed by atoms with Crippen LogP contribution < -0.4 is 9.47 Å². The van der Waals surface area contributed by atoms with E-state index in [4.69, 9.17) is 9.47 Å². The van der Waals surface area contributed by atoms with Crippen LogP contribution in [0.2, 0.25) is 0 Å². The fourth-order valence-electron chi connectivity index (χ4n) is 3.73. The topological polar surface area (TPSA) is 38.8 Å². The van der Waals surface area contributed by atoms with Crippen molar-refractivity contribution in [2.24, 2.45) is 0 Å². The van der Waals surface area contributed by atoms with E-state index in [1.165, 1.54) is 5.56 Å². The van der Waals surface area contributed by atoms with Gasteiger partial charge < -0.3 is 9.47 Å². The molecule has 0 amide bonds. The highest BCUT2D eigenvalue weighted by atomic mass is 16.5. The zero-order valence-corrected chi connectivity index (χ0v) is 13.7. The molecule has 0 saturated carbocycles. The van der Waals surface area contributed by atoms with Crippen molar-refractivity contribution >= 4 is 5.78 Å². The zero-order valence-electron chi connectivity index (χ0n) is 13.7. The molecule has 24 heavy (non-hydrogen) atoms. The summed E-state index contributed by atoms with van der Waals surface area (Å²) in [6.45, 7) is 0.715. The number of benzene rings is 2. The summed E-state index contributed by atoms with van der Waals surface area (Å²) in [7, 11) is 3.28. The van der Waals surface area contributed by atoms with Crippen molar-refractivity contribution in [3.05, 3.63) is 71.3 Å². The molecule has 2 aliphatic rings. The van der Waals surface area contributed by atoms with Crippen molar-refractivity contribution in [1.29, 1.82) is 0 Å². The Kier molecular flexibility index (Phi) is 3.62. The first-order valence-electron chi connectivity index (χ1n) is 8.00. The average molecular weight is 321 g/mol. The summed E-state index contributed by atoms with van der Waals surface area (Å²) < 4.78 is 11.0. The molecule has 0 unspecified atom stereocenters. The molecule has 2 heterocycles. The van der Waals surface area contributed by atoms with Crippen molar-refractivity contribution in [3.63, 3.8) is 0 Å². The summed E-state index contributed by atoms with van der Waals surface area (Å²) in [6.07, 6.45) is 3.68. The fraction of sp³-hybridized carbons (Fsp3) is 0.250. The number of fused-ring (bicyclic) bond motifs is 5. The summed E-state index contributed by atoms with van der Waals surface area (Å²) in [6, 6.07) is 13.9. The molecule has 0 aromatic heterocycles. The van der Waals surface area contributed by atoms with Gasteiger partial charge in [0.2, 0.25) is 0 Å². The summed E-state index contributed by atoms with van der Waals surface area (Å²) in [5.41, 5.74) is 3.25. The van der Waals surface area contributed by atoms with E-state index >= 15 is 0 Å². The van der Waals surface area contributed by atoms with Crippen molar-refractivity contribution in [1.82, 2.24) is 4.90 Å². The lowest BCUT2D eigenvalue weighted by molar-refractivity contribution is -0.120. The molecular formula is C20H19NO3. The molecule has 0 saturated heterocycles. The van der Waals surface area contributed by atoms with Crippen LogP contribution in [0.15, 0.2) is 54.6 Å². The van der Waals surface area contributed by atoms with Crippen LogP contribution in [0.5, 0.6) is 11.5 Å². The molecule has 2 aromatic rings. The van der Waals surface area contributed by atoms with E-state index in [1.54, 1.807) is 20.3 Å². The van der Waals surface area contributed by atoms with Crippen LogP contribution >= 0.6 is 0 Å². The maximum atomic E-state index is 12.6. The van der Waals surface area contributed by atoms with Crippen LogP contribution in [0.25, 0.3) is 0 Å². The Morgan fingerprint density at radius 1 is 1.08 bits per heavy atom. The van der Waals surface area contributed by atoms with Gasteiger partial charge in [-0.3, -0.25) is 9.69 Å². The van der Waals surface area contributed by atoms with E-state index in [-0.39, 0.29) is 17.9 Å². The average Bonchev–Trinajstić information content (AvgIpc) is 2.84. The molecular weight excluding hydrogens is 302 g/mol. The van der Waals surface area contributed by atoms with Gasteiger partial charge in [0, 0.05) is 18.2 Å². The molecule has 0 spiro atoms. The Morgan fingerprint density at radius 2 is 1.88 bits per heavy atom. The molecule has 2 aliphatic heterocycles. The molecule has 2 aromatic carbocycles. The lowest BCUT2D eigenvalue weighted by Crippen LogP contribution is -2.32. The van der Waals surface area contributed by atoms with Gasteiger partial charge in [0.15, 0.2) is 5.78 Å². The van der Waals surface area contributed by atoms with Gasteiger partial charge in [-0.15, -0.1) is 0 Å². The molecule has 0 N–H and O–H groups in total. The first-order chi connectivity index (χ1) is 11.7. The van der Waals surface area contributed by atoms with Gasteiger partial charge in [-0.2, -0.15) is 0 Å². The van der Waals surface area contributed by atoms with Crippen LogP contribution in [-0.2, 0) is 11.3 Å². The third kappa shape index (κ3) is 2.22. The number of methoxy groups -OCH3 is 2. The second-order valence-corrected chi connectivity index (χ2v) is 6.10.